The Morgan fingerprint density at radius 2 is 2.10 bits per heavy atom. The van der Waals surface area contributed by atoms with Crippen LogP contribution < -0.4 is 0 Å². The smallest absolute Gasteiger partial charge is 0.0175 e. The summed E-state index contributed by atoms with van der Waals surface area (Å²) in [6, 6.07) is 0. The molecule has 0 nitrogen and oxygen atoms in total. The van der Waals surface area contributed by atoms with Gasteiger partial charge in [0.2, 0.25) is 0 Å². The molecule has 0 N–H and O–H groups in total. The third kappa shape index (κ3) is 8.17. The van der Waals surface area contributed by atoms with E-state index in [0.29, 0.717) is 0 Å². The summed E-state index contributed by atoms with van der Waals surface area (Å²) in [5.41, 5.74) is 0. The Kier molecular flexibility index (Phi) is 9.33. The van der Waals surface area contributed by atoms with Crippen molar-refractivity contribution in [3.8, 4) is 0 Å². The van der Waals surface area contributed by atoms with Crippen LogP contribution >= 0.6 is 8.58 Å². The van der Waals surface area contributed by atoms with Crippen LogP contribution in [0.3, 0.4) is 0 Å². The zero-order valence-electron chi connectivity index (χ0n) is 7.03. The van der Waals surface area contributed by atoms with Gasteiger partial charge in [0.1, 0.15) is 0 Å². The molecule has 0 amide bonds. The maximum Gasteiger partial charge on any atom is -0.0175 e. The van der Waals surface area contributed by atoms with Crippen molar-refractivity contribution in [1.82, 2.24) is 0 Å². The summed E-state index contributed by atoms with van der Waals surface area (Å²) < 4.78 is 0. The molecular weight excluding hydrogens is 139 g/mol. The first-order valence-electron chi connectivity index (χ1n) is 4.23. The standard InChI is InChI=1S/C9H19P/c1-3-5-6-7-9-10-8-4-2/h4,10H,2-3,5-9H2,1H3. The molecule has 0 spiro atoms. The van der Waals surface area contributed by atoms with Crippen LogP contribution in [0.15, 0.2) is 12.7 Å². The Labute approximate surface area is 66.9 Å². The maximum atomic E-state index is 3.70. The highest BCUT2D eigenvalue weighted by Crippen LogP contribution is 2.13. The van der Waals surface area contributed by atoms with Crippen LogP contribution in [0.2, 0.25) is 0 Å². The lowest BCUT2D eigenvalue weighted by Gasteiger charge is -1.96. The first-order valence-corrected chi connectivity index (χ1v) is 5.64. The molecule has 60 valence electrons. The van der Waals surface area contributed by atoms with Gasteiger partial charge in [0.05, 0.1) is 0 Å². The van der Waals surface area contributed by atoms with Crippen molar-refractivity contribution < 1.29 is 0 Å². The number of unbranched alkanes of at least 4 members (excludes halogenated alkanes) is 3. The van der Waals surface area contributed by atoms with Crippen LogP contribution in [0.25, 0.3) is 0 Å². The molecule has 1 atom stereocenters. The van der Waals surface area contributed by atoms with E-state index in [9.17, 15) is 0 Å². The SMILES string of the molecule is C=CCPCCCCCC. The lowest BCUT2D eigenvalue weighted by molar-refractivity contribution is 0.706. The quantitative estimate of drug-likeness (QED) is 0.302. The Balaban J connectivity index is 2.70. The van der Waals surface area contributed by atoms with Gasteiger partial charge in [-0.05, 0) is 18.7 Å². The van der Waals surface area contributed by atoms with Gasteiger partial charge in [-0.2, -0.15) is 0 Å². The highest BCUT2D eigenvalue weighted by atomic mass is 31.1. The average Bonchev–Trinajstić information content (AvgIpc) is 1.97. The first kappa shape index (κ1) is 10.2. The molecule has 0 rings (SSSR count). The zero-order chi connectivity index (χ0) is 7.66. The predicted molar refractivity (Wildman–Crippen MR) is 52.4 cm³/mol. The van der Waals surface area contributed by atoms with Gasteiger partial charge in [-0.3, -0.25) is 0 Å². The monoisotopic (exact) mass is 158 g/mol. The second-order valence-corrected chi connectivity index (χ2v) is 3.96. The minimum absolute atomic E-state index is 1.13. The van der Waals surface area contributed by atoms with E-state index in [4.69, 9.17) is 0 Å². The normalized spacial score (nSPS) is 10.9. The molecule has 0 aliphatic rings. The summed E-state index contributed by atoms with van der Waals surface area (Å²) in [4.78, 5) is 0. The molecule has 0 aliphatic heterocycles. The molecule has 0 heterocycles. The van der Waals surface area contributed by atoms with E-state index in [1.54, 1.807) is 0 Å². The first-order chi connectivity index (χ1) is 4.91. The number of rotatable bonds is 7. The molecule has 0 radical (unpaired) electrons. The van der Waals surface area contributed by atoms with Gasteiger partial charge in [0.15, 0.2) is 0 Å². The van der Waals surface area contributed by atoms with E-state index in [2.05, 4.69) is 13.5 Å². The maximum absolute atomic E-state index is 3.70. The van der Waals surface area contributed by atoms with Crippen molar-refractivity contribution >= 4 is 8.58 Å². The summed E-state index contributed by atoms with van der Waals surface area (Å²) in [6.45, 7) is 5.96. The Hall–Kier alpha value is 0.170. The van der Waals surface area contributed by atoms with Crippen molar-refractivity contribution in [3.63, 3.8) is 0 Å². The van der Waals surface area contributed by atoms with Crippen molar-refractivity contribution in [2.45, 2.75) is 32.6 Å². The third-order valence-corrected chi connectivity index (χ3v) is 2.78. The fraction of sp³-hybridized carbons (Fsp3) is 0.778. The van der Waals surface area contributed by atoms with E-state index in [1.807, 2.05) is 6.08 Å². The Bertz CT molecular complexity index is 69.1. The lowest BCUT2D eigenvalue weighted by atomic mass is 10.2. The van der Waals surface area contributed by atoms with Crippen molar-refractivity contribution in [2.75, 3.05) is 12.3 Å². The second-order valence-electron chi connectivity index (χ2n) is 2.55. The minimum atomic E-state index is 1.13. The van der Waals surface area contributed by atoms with E-state index in [0.717, 1.165) is 8.58 Å². The molecule has 10 heavy (non-hydrogen) atoms. The molecule has 0 saturated carbocycles. The van der Waals surface area contributed by atoms with Gasteiger partial charge in [0.25, 0.3) is 0 Å². The van der Waals surface area contributed by atoms with Crippen molar-refractivity contribution in [2.24, 2.45) is 0 Å². The number of allylic oxidation sites excluding steroid dienone is 1. The van der Waals surface area contributed by atoms with Gasteiger partial charge in [0, 0.05) is 0 Å². The lowest BCUT2D eigenvalue weighted by Crippen LogP contribution is -1.78. The van der Waals surface area contributed by atoms with Crippen LogP contribution in [0.4, 0.5) is 0 Å². The highest BCUT2D eigenvalue weighted by molar-refractivity contribution is 7.38. The van der Waals surface area contributed by atoms with E-state index in [-0.39, 0.29) is 0 Å². The molecule has 0 saturated heterocycles. The summed E-state index contributed by atoms with van der Waals surface area (Å²) in [7, 11) is 1.13. The van der Waals surface area contributed by atoms with Crippen LogP contribution in [-0.2, 0) is 0 Å². The van der Waals surface area contributed by atoms with Gasteiger partial charge in [-0.25, -0.2) is 0 Å². The molecule has 1 unspecified atom stereocenters. The summed E-state index contributed by atoms with van der Waals surface area (Å²) in [6.07, 6.45) is 10.3. The number of hydrogen-bond acceptors (Lipinski definition) is 0. The van der Waals surface area contributed by atoms with Crippen LogP contribution in [0.1, 0.15) is 32.6 Å². The fourth-order valence-electron chi connectivity index (χ4n) is 0.881. The van der Waals surface area contributed by atoms with Gasteiger partial charge >= 0.3 is 0 Å². The average molecular weight is 158 g/mol. The van der Waals surface area contributed by atoms with Crippen LogP contribution in [-0.4, -0.2) is 12.3 Å². The molecule has 0 fully saturated rings. The van der Waals surface area contributed by atoms with E-state index in [1.165, 1.54) is 38.0 Å². The molecule has 0 aromatic rings. The summed E-state index contributed by atoms with van der Waals surface area (Å²) in [5, 5.41) is 0. The van der Waals surface area contributed by atoms with Crippen molar-refractivity contribution in [1.29, 1.82) is 0 Å². The molecular formula is C9H19P. The van der Waals surface area contributed by atoms with Crippen LogP contribution in [0, 0.1) is 0 Å². The molecule has 0 bridgehead atoms. The van der Waals surface area contributed by atoms with E-state index < -0.39 is 0 Å². The Morgan fingerprint density at radius 3 is 2.70 bits per heavy atom. The Morgan fingerprint density at radius 1 is 1.30 bits per heavy atom. The predicted octanol–water partition coefficient (Wildman–Crippen LogP) is 3.43. The van der Waals surface area contributed by atoms with E-state index >= 15 is 0 Å². The van der Waals surface area contributed by atoms with Gasteiger partial charge in [-0.1, -0.05) is 32.3 Å². The van der Waals surface area contributed by atoms with Gasteiger partial charge < -0.3 is 0 Å². The minimum Gasteiger partial charge on any atom is -0.118 e. The van der Waals surface area contributed by atoms with Crippen molar-refractivity contribution in [3.05, 3.63) is 12.7 Å². The third-order valence-electron chi connectivity index (χ3n) is 1.50. The molecule has 1 heteroatoms. The second kappa shape index (κ2) is 9.17. The highest BCUT2D eigenvalue weighted by Gasteiger charge is 1.86. The van der Waals surface area contributed by atoms with Gasteiger partial charge in [-0.15, -0.1) is 15.2 Å². The molecule has 0 aromatic carbocycles. The van der Waals surface area contributed by atoms with Crippen LogP contribution in [0.5, 0.6) is 0 Å². The number of hydrogen-bond donors (Lipinski definition) is 0. The zero-order valence-corrected chi connectivity index (χ0v) is 8.03. The summed E-state index contributed by atoms with van der Waals surface area (Å²) >= 11 is 0. The topological polar surface area (TPSA) is 0 Å². The summed E-state index contributed by atoms with van der Waals surface area (Å²) in [5.74, 6) is 0. The molecule has 0 aromatic heterocycles. The largest absolute Gasteiger partial charge is 0.118 e. The molecule has 0 aliphatic carbocycles. The fourth-order valence-corrected chi connectivity index (χ4v) is 1.79.